The predicted octanol–water partition coefficient (Wildman–Crippen LogP) is 4.64. The van der Waals surface area contributed by atoms with Gasteiger partial charge >= 0.3 is 0 Å². The van der Waals surface area contributed by atoms with Crippen LogP contribution < -0.4 is 24.8 Å². The smallest absolute Gasteiger partial charge is 0.257 e. The predicted molar refractivity (Wildman–Crippen MR) is 137 cm³/mol. The number of methoxy groups -OCH3 is 2. The Balaban J connectivity index is 1.31. The summed E-state index contributed by atoms with van der Waals surface area (Å²) >= 11 is 0. The highest BCUT2D eigenvalue weighted by atomic mass is 19.1. The van der Waals surface area contributed by atoms with Crippen LogP contribution >= 0.6 is 0 Å². The summed E-state index contributed by atoms with van der Waals surface area (Å²) in [5, 5.41) is 5.47. The lowest BCUT2D eigenvalue weighted by molar-refractivity contribution is -0.131. The molecule has 194 valence electrons. The maximum Gasteiger partial charge on any atom is 0.257 e. The first-order valence-electron chi connectivity index (χ1n) is 11.7. The lowest BCUT2D eigenvalue weighted by atomic mass is 10.0. The minimum Gasteiger partial charge on any atom is -0.491 e. The number of benzene rings is 1. The third kappa shape index (κ3) is 4.77. The molecule has 11 heteroatoms. The number of carbonyl (C=O) groups is 2. The fourth-order valence-corrected chi connectivity index (χ4v) is 3.95. The first-order valence-corrected chi connectivity index (χ1v) is 11.7. The van der Waals surface area contributed by atoms with Gasteiger partial charge in [0.25, 0.3) is 5.88 Å². The van der Waals surface area contributed by atoms with Gasteiger partial charge < -0.3 is 24.8 Å². The fraction of sp³-hybridized carbons (Fsp3) is 0.222. The molecule has 1 aliphatic rings. The number of carbonyl (C=O) groups excluding carboxylic acids is 2. The average molecular weight is 518 g/mol. The molecule has 3 heterocycles. The van der Waals surface area contributed by atoms with Crippen molar-refractivity contribution in [3.8, 4) is 23.3 Å². The van der Waals surface area contributed by atoms with Crippen molar-refractivity contribution >= 4 is 34.2 Å². The quantitative estimate of drug-likeness (QED) is 0.324. The molecule has 0 radical (unpaired) electrons. The first-order chi connectivity index (χ1) is 18.3. The molecule has 1 fully saturated rings. The normalized spacial score (nSPS) is 13.5. The minimum absolute atomic E-state index is 0.290. The van der Waals surface area contributed by atoms with Crippen LogP contribution in [0.5, 0.6) is 23.3 Å². The summed E-state index contributed by atoms with van der Waals surface area (Å²) in [6.45, 7) is 1.78. The van der Waals surface area contributed by atoms with Crippen molar-refractivity contribution in [2.45, 2.75) is 19.8 Å². The Hall–Kier alpha value is -4.80. The number of aryl methyl sites for hydroxylation is 1. The van der Waals surface area contributed by atoms with Gasteiger partial charge in [0.15, 0.2) is 11.5 Å². The van der Waals surface area contributed by atoms with Gasteiger partial charge in [-0.05, 0) is 50.1 Å². The van der Waals surface area contributed by atoms with Gasteiger partial charge in [0.05, 0.1) is 31.6 Å². The Morgan fingerprint density at radius 3 is 2.24 bits per heavy atom. The molecule has 2 N–H and O–H groups in total. The summed E-state index contributed by atoms with van der Waals surface area (Å²) in [6.07, 6.45) is 3.86. The number of amides is 2. The van der Waals surface area contributed by atoms with E-state index < -0.39 is 23.0 Å². The Morgan fingerprint density at radius 1 is 0.895 bits per heavy atom. The van der Waals surface area contributed by atoms with E-state index in [1.54, 1.807) is 31.3 Å². The largest absolute Gasteiger partial charge is 0.491 e. The number of rotatable bonds is 8. The molecule has 0 saturated heterocycles. The zero-order valence-electron chi connectivity index (χ0n) is 20.9. The van der Waals surface area contributed by atoms with Gasteiger partial charge in [-0.15, -0.1) is 0 Å². The van der Waals surface area contributed by atoms with Crippen LogP contribution in [-0.2, 0) is 9.59 Å². The number of nitrogens with one attached hydrogen (secondary N) is 2. The van der Waals surface area contributed by atoms with Crippen LogP contribution in [0.25, 0.3) is 11.0 Å². The monoisotopic (exact) mass is 517 g/mol. The second kappa shape index (κ2) is 9.92. The molecule has 1 saturated carbocycles. The highest BCUT2D eigenvalue weighted by Gasteiger charge is 2.56. The van der Waals surface area contributed by atoms with E-state index in [1.807, 2.05) is 0 Å². The maximum atomic E-state index is 13.1. The van der Waals surface area contributed by atoms with Crippen LogP contribution in [-0.4, -0.2) is 41.0 Å². The molecule has 0 spiro atoms. The summed E-state index contributed by atoms with van der Waals surface area (Å²) in [5.41, 5.74) is 1.32. The van der Waals surface area contributed by atoms with Crippen LogP contribution in [0.4, 0.5) is 15.8 Å². The number of fused-ring (bicyclic) bond motifs is 1. The van der Waals surface area contributed by atoms with E-state index in [1.165, 1.54) is 44.7 Å². The van der Waals surface area contributed by atoms with E-state index in [0.717, 1.165) is 0 Å². The highest BCUT2D eigenvalue weighted by Crippen LogP contribution is 2.47. The van der Waals surface area contributed by atoms with Crippen LogP contribution in [0, 0.1) is 18.2 Å². The second-order valence-corrected chi connectivity index (χ2v) is 8.82. The van der Waals surface area contributed by atoms with Crippen molar-refractivity contribution in [1.82, 2.24) is 15.0 Å². The first kappa shape index (κ1) is 24.9. The minimum atomic E-state index is -1.18. The highest BCUT2D eigenvalue weighted by molar-refractivity contribution is 6.16. The molecule has 2 amide bonds. The van der Waals surface area contributed by atoms with Gasteiger partial charge in [0.1, 0.15) is 16.7 Å². The number of aromatic nitrogens is 3. The number of nitrogens with zero attached hydrogens (tertiary/aromatic N) is 3. The van der Waals surface area contributed by atoms with Crippen LogP contribution in [0.2, 0.25) is 0 Å². The Bertz CT molecular complexity index is 1540. The van der Waals surface area contributed by atoms with Gasteiger partial charge in [0.2, 0.25) is 17.7 Å². The summed E-state index contributed by atoms with van der Waals surface area (Å²) in [5.74, 6) is 0.176. The average Bonchev–Trinajstić information content (AvgIpc) is 3.73. The van der Waals surface area contributed by atoms with E-state index >= 15 is 0 Å². The molecular formula is C27H24FN5O5. The lowest BCUT2D eigenvalue weighted by Gasteiger charge is -2.16. The van der Waals surface area contributed by atoms with Gasteiger partial charge in [-0.2, -0.15) is 0 Å². The van der Waals surface area contributed by atoms with Crippen molar-refractivity contribution in [2.75, 3.05) is 24.9 Å². The maximum absolute atomic E-state index is 13.1. The molecule has 0 atom stereocenters. The van der Waals surface area contributed by atoms with Gasteiger partial charge in [-0.3, -0.25) is 14.6 Å². The molecule has 0 aliphatic heterocycles. The second-order valence-electron chi connectivity index (χ2n) is 8.82. The summed E-state index contributed by atoms with van der Waals surface area (Å²) in [4.78, 5) is 38.9. The summed E-state index contributed by atoms with van der Waals surface area (Å²) in [6, 6.07) is 10.4. The zero-order chi connectivity index (χ0) is 26.9. The molecule has 4 aromatic rings. The van der Waals surface area contributed by atoms with E-state index in [2.05, 4.69) is 25.6 Å². The molecule has 38 heavy (non-hydrogen) atoms. The standard InChI is InChI=1S/C27H24FN5O5/c1-15-12-18(32-26(35)27(9-10-27)25(34)31-17-6-4-16(28)5-7-17)14-30-23(15)38-20-8-11-29-19-13-21(36-2)24(37-3)33-22(19)20/h4-8,11-14H,9-10H2,1-3H3,(H,31,34)(H,32,35). The van der Waals surface area contributed by atoms with Crippen molar-refractivity contribution in [2.24, 2.45) is 5.41 Å². The molecule has 1 aliphatic carbocycles. The van der Waals surface area contributed by atoms with Gasteiger partial charge in [-0.1, -0.05) is 0 Å². The number of ether oxygens (including phenoxy) is 3. The summed E-state index contributed by atoms with van der Waals surface area (Å²) in [7, 11) is 3.01. The zero-order valence-corrected chi connectivity index (χ0v) is 20.9. The fourth-order valence-electron chi connectivity index (χ4n) is 3.95. The SMILES string of the molecule is COc1cc2nccc(Oc3ncc(NC(=O)C4(C(=O)Nc5ccc(F)cc5)CC4)cc3C)c2nc1OC. The number of halogens is 1. The number of hydrogen-bond acceptors (Lipinski definition) is 8. The molecule has 3 aromatic heterocycles. The van der Waals surface area contributed by atoms with Gasteiger partial charge in [0, 0.05) is 29.6 Å². The van der Waals surface area contributed by atoms with E-state index in [9.17, 15) is 14.0 Å². The van der Waals surface area contributed by atoms with Crippen molar-refractivity contribution in [3.63, 3.8) is 0 Å². The lowest BCUT2D eigenvalue weighted by Crippen LogP contribution is -2.35. The van der Waals surface area contributed by atoms with Crippen LogP contribution in [0.1, 0.15) is 18.4 Å². The van der Waals surface area contributed by atoms with E-state index in [4.69, 9.17) is 14.2 Å². The summed E-state index contributed by atoms with van der Waals surface area (Å²) < 4.78 is 29.8. The number of anilines is 2. The Morgan fingerprint density at radius 2 is 1.61 bits per heavy atom. The van der Waals surface area contributed by atoms with Gasteiger partial charge in [-0.25, -0.2) is 14.4 Å². The topological polar surface area (TPSA) is 125 Å². The Labute approximate surface area is 217 Å². The van der Waals surface area contributed by atoms with E-state index in [-0.39, 0.29) is 5.88 Å². The molecule has 0 bridgehead atoms. The molecule has 0 unspecified atom stereocenters. The van der Waals surface area contributed by atoms with Crippen molar-refractivity contribution in [3.05, 3.63) is 66.2 Å². The molecule has 10 nitrogen and oxygen atoms in total. The number of hydrogen-bond donors (Lipinski definition) is 2. The van der Waals surface area contributed by atoms with Crippen LogP contribution in [0.15, 0.2) is 54.9 Å². The van der Waals surface area contributed by atoms with E-state index in [0.29, 0.717) is 58.2 Å². The van der Waals surface area contributed by atoms with Crippen LogP contribution in [0.3, 0.4) is 0 Å². The third-order valence-electron chi connectivity index (χ3n) is 6.24. The number of pyridine rings is 3. The Kier molecular flexibility index (Phi) is 6.50. The molecular weight excluding hydrogens is 493 g/mol. The van der Waals surface area contributed by atoms with Crippen molar-refractivity contribution < 1.29 is 28.2 Å². The van der Waals surface area contributed by atoms with Crippen molar-refractivity contribution in [1.29, 1.82) is 0 Å². The molecule has 5 rings (SSSR count). The molecule has 1 aromatic carbocycles. The third-order valence-corrected chi connectivity index (χ3v) is 6.24.